The van der Waals surface area contributed by atoms with Crippen LogP contribution >= 0.6 is 34.3 Å². The number of hydrogen-bond acceptors (Lipinski definition) is 5. The molecule has 0 radical (unpaired) electrons. The molecule has 86 valence electrons. The minimum absolute atomic E-state index is 0.476. The molecule has 0 aliphatic heterocycles. The fourth-order valence-electron chi connectivity index (χ4n) is 1.29. The van der Waals surface area contributed by atoms with Crippen LogP contribution in [0.3, 0.4) is 0 Å². The number of anilines is 1. The predicted molar refractivity (Wildman–Crippen MR) is 70.6 cm³/mol. The SMILES string of the molecule is Cc1ncsc1CN(C)c1nc(CCl)cs1. The summed E-state index contributed by atoms with van der Waals surface area (Å²) in [7, 11) is 2.04. The lowest BCUT2D eigenvalue weighted by atomic mass is 10.4. The normalized spacial score (nSPS) is 10.7. The largest absolute Gasteiger partial charge is 0.346 e. The van der Waals surface area contributed by atoms with Crippen molar-refractivity contribution in [2.24, 2.45) is 0 Å². The lowest BCUT2D eigenvalue weighted by molar-refractivity contribution is 0.913. The van der Waals surface area contributed by atoms with E-state index in [1.54, 1.807) is 22.7 Å². The molecule has 0 atom stereocenters. The highest BCUT2D eigenvalue weighted by Crippen LogP contribution is 2.23. The molecule has 6 heteroatoms. The van der Waals surface area contributed by atoms with Crippen LogP contribution < -0.4 is 4.90 Å². The van der Waals surface area contributed by atoms with Crippen molar-refractivity contribution < 1.29 is 0 Å². The van der Waals surface area contributed by atoms with E-state index in [1.165, 1.54) is 4.88 Å². The van der Waals surface area contributed by atoms with Gasteiger partial charge in [0.2, 0.25) is 0 Å². The van der Waals surface area contributed by atoms with E-state index in [9.17, 15) is 0 Å². The van der Waals surface area contributed by atoms with E-state index in [0.29, 0.717) is 5.88 Å². The van der Waals surface area contributed by atoms with Gasteiger partial charge in [0.15, 0.2) is 5.13 Å². The van der Waals surface area contributed by atoms with Crippen LogP contribution in [0.4, 0.5) is 5.13 Å². The number of aryl methyl sites for hydroxylation is 1. The second kappa shape index (κ2) is 5.12. The van der Waals surface area contributed by atoms with Crippen molar-refractivity contribution in [1.82, 2.24) is 9.97 Å². The summed E-state index contributed by atoms with van der Waals surface area (Å²) >= 11 is 9.04. The second-order valence-corrected chi connectivity index (χ2v) is 5.52. The molecular formula is C10H12ClN3S2. The summed E-state index contributed by atoms with van der Waals surface area (Å²) in [4.78, 5) is 12.1. The maximum Gasteiger partial charge on any atom is 0.185 e. The molecule has 0 aromatic carbocycles. The van der Waals surface area contributed by atoms with Crippen molar-refractivity contribution in [3.63, 3.8) is 0 Å². The van der Waals surface area contributed by atoms with Gasteiger partial charge >= 0.3 is 0 Å². The third-order valence-electron chi connectivity index (χ3n) is 2.23. The van der Waals surface area contributed by atoms with E-state index in [0.717, 1.165) is 23.1 Å². The third kappa shape index (κ3) is 2.53. The summed E-state index contributed by atoms with van der Waals surface area (Å²) in [5.74, 6) is 0.476. The topological polar surface area (TPSA) is 29.0 Å². The summed E-state index contributed by atoms with van der Waals surface area (Å²) in [5, 5.41) is 3.00. The average molecular weight is 274 g/mol. The minimum Gasteiger partial charge on any atom is -0.346 e. The Balaban J connectivity index is 2.08. The molecule has 0 aliphatic rings. The molecule has 0 unspecified atom stereocenters. The molecule has 2 heterocycles. The Kier molecular flexibility index (Phi) is 3.78. The van der Waals surface area contributed by atoms with Gasteiger partial charge in [-0.1, -0.05) is 0 Å². The maximum atomic E-state index is 5.73. The smallest absolute Gasteiger partial charge is 0.185 e. The first-order valence-electron chi connectivity index (χ1n) is 4.81. The fraction of sp³-hybridized carbons (Fsp3) is 0.400. The Labute approximate surface area is 108 Å². The van der Waals surface area contributed by atoms with E-state index in [4.69, 9.17) is 11.6 Å². The quantitative estimate of drug-likeness (QED) is 0.801. The lowest BCUT2D eigenvalue weighted by Crippen LogP contribution is -2.15. The molecule has 0 bridgehead atoms. The Bertz CT molecular complexity index is 466. The number of alkyl halides is 1. The van der Waals surface area contributed by atoms with Gasteiger partial charge in [-0.3, -0.25) is 0 Å². The molecule has 0 N–H and O–H groups in total. The number of aromatic nitrogens is 2. The Hall–Kier alpha value is -0.650. The molecule has 3 nitrogen and oxygen atoms in total. The van der Waals surface area contributed by atoms with Crippen LogP contribution in [0.2, 0.25) is 0 Å². The highest BCUT2D eigenvalue weighted by Gasteiger charge is 2.09. The van der Waals surface area contributed by atoms with Gasteiger partial charge in [0, 0.05) is 17.3 Å². The molecular weight excluding hydrogens is 262 g/mol. The van der Waals surface area contributed by atoms with Crippen molar-refractivity contribution >= 4 is 39.4 Å². The summed E-state index contributed by atoms with van der Waals surface area (Å²) in [6.07, 6.45) is 0. The van der Waals surface area contributed by atoms with Crippen molar-refractivity contribution in [2.45, 2.75) is 19.3 Å². The van der Waals surface area contributed by atoms with Crippen molar-refractivity contribution in [1.29, 1.82) is 0 Å². The van der Waals surface area contributed by atoms with Gasteiger partial charge in [0.1, 0.15) is 0 Å². The van der Waals surface area contributed by atoms with Gasteiger partial charge in [-0.05, 0) is 6.92 Å². The van der Waals surface area contributed by atoms with E-state index in [1.807, 2.05) is 24.9 Å². The van der Waals surface area contributed by atoms with Crippen LogP contribution in [0, 0.1) is 6.92 Å². The molecule has 0 saturated carbocycles. The van der Waals surface area contributed by atoms with Crippen LogP contribution in [0.1, 0.15) is 16.3 Å². The zero-order valence-electron chi connectivity index (χ0n) is 9.11. The summed E-state index contributed by atoms with van der Waals surface area (Å²) in [6.45, 7) is 2.89. The summed E-state index contributed by atoms with van der Waals surface area (Å²) in [5.41, 5.74) is 3.92. The highest BCUT2D eigenvalue weighted by molar-refractivity contribution is 7.13. The first-order valence-corrected chi connectivity index (χ1v) is 7.10. The average Bonchev–Trinajstić information content (AvgIpc) is 2.88. The van der Waals surface area contributed by atoms with Crippen molar-refractivity contribution in [3.05, 3.63) is 27.2 Å². The molecule has 0 spiro atoms. The molecule has 16 heavy (non-hydrogen) atoms. The zero-order valence-corrected chi connectivity index (χ0v) is 11.5. The number of rotatable bonds is 4. The maximum absolute atomic E-state index is 5.73. The van der Waals surface area contributed by atoms with Crippen molar-refractivity contribution in [2.75, 3.05) is 11.9 Å². The Morgan fingerprint density at radius 3 is 2.81 bits per heavy atom. The molecule has 0 amide bonds. The van der Waals surface area contributed by atoms with Gasteiger partial charge in [-0.15, -0.1) is 34.3 Å². The standard InChI is InChI=1S/C10H12ClN3S2/c1-7-9(16-6-12-7)4-14(2)10-13-8(3-11)5-15-10/h5-6H,3-4H2,1-2H3. The highest BCUT2D eigenvalue weighted by atomic mass is 35.5. The van der Waals surface area contributed by atoms with E-state index in [2.05, 4.69) is 14.9 Å². The van der Waals surface area contributed by atoms with Gasteiger partial charge in [0.25, 0.3) is 0 Å². The van der Waals surface area contributed by atoms with Crippen LogP contribution in [0.15, 0.2) is 10.9 Å². The monoisotopic (exact) mass is 273 g/mol. The number of nitrogens with zero attached hydrogens (tertiary/aromatic N) is 3. The van der Waals surface area contributed by atoms with Gasteiger partial charge < -0.3 is 4.90 Å². The van der Waals surface area contributed by atoms with Crippen molar-refractivity contribution in [3.8, 4) is 0 Å². The molecule has 0 saturated heterocycles. The van der Waals surface area contributed by atoms with E-state index < -0.39 is 0 Å². The van der Waals surface area contributed by atoms with Gasteiger partial charge in [0.05, 0.1) is 29.3 Å². The zero-order chi connectivity index (χ0) is 11.5. The Morgan fingerprint density at radius 1 is 1.44 bits per heavy atom. The number of hydrogen-bond donors (Lipinski definition) is 0. The van der Waals surface area contributed by atoms with Crippen LogP contribution in [-0.4, -0.2) is 17.0 Å². The molecule has 0 fully saturated rings. The molecule has 2 aromatic rings. The van der Waals surface area contributed by atoms with Crippen LogP contribution in [0.5, 0.6) is 0 Å². The van der Waals surface area contributed by atoms with Crippen LogP contribution in [-0.2, 0) is 12.4 Å². The minimum atomic E-state index is 0.476. The third-order valence-corrected chi connectivity index (χ3v) is 4.43. The fourth-order valence-corrected chi connectivity index (χ4v) is 3.14. The lowest BCUT2D eigenvalue weighted by Gasteiger charge is -2.14. The van der Waals surface area contributed by atoms with Crippen LogP contribution in [0.25, 0.3) is 0 Å². The number of thiazole rings is 2. The van der Waals surface area contributed by atoms with Gasteiger partial charge in [-0.2, -0.15) is 0 Å². The van der Waals surface area contributed by atoms with E-state index in [-0.39, 0.29) is 0 Å². The Morgan fingerprint density at radius 2 is 2.25 bits per heavy atom. The molecule has 2 aromatic heterocycles. The first-order chi connectivity index (χ1) is 7.70. The predicted octanol–water partition coefficient (Wildman–Crippen LogP) is 3.28. The summed E-state index contributed by atoms with van der Waals surface area (Å²) < 4.78 is 0. The second-order valence-electron chi connectivity index (χ2n) is 3.47. The molecule has 2 rings (SSSR count). The van der Waals surface area contributed by atoms with Gasteiger partial charge in [-0.25, -0.2) is 9.97 Å². The molecule has 0 aliphatic carbocycles. The number of halogens is 1. The summed E-state index contributed by atoms with van der Waals surface area (Å²) in [6, 6.07) is 0. The van der Waals surface area contributed by atoms with E-state index >= 15 is 0 Å². The first kappa shape index (κ1) is 11.8.